The monoisotopic (exact) mass is 233 g/mol. The fraction of sp³-hybridized carbons (Fsp3) is 0.462. The molecule has 0 saturated carbocycles. The zero-order valence-electron chi connectivity index (χ0n) is 9.93. The largest absolute Gasteiger partial charge is 0.370 e. The Bertz CT molecular complexity index is 405. The maximum atomic E-state index is 11.0. The number of rotatable bonds is 4. The molecule has 4 nitrogen and oxygen atoms in total. The standard InChI is InChI=1S/C13H19N3O/c14-8-12(7-13(15)17)16-6-5-10-3-1-2-4-11(10)9-16/h1-4,12H,5-9,14H2,(H2,15,17). The van der Waals surface area contributed by atoms with Crippen LogP contribution in [0.15, 0.2) is 24.3 Å². The molecule has 1 aromatic carbocycles. The van der Waals surface area contributed by atoms with Gasteiger partial charge in [0.1, 0.15) is 0 Å². The zero-order chi connectivity index (χ0) is 12.3. The van der Waals surface area contributed by atoms with E-state index in [2.05, 4.69) is 23.1 Å². The van der Waals surface area contributed by atoms with E-state index in [1.807, 2.05) is 6.07 Å². The highest BCUT2D eigenvalue weighted by Gasteiger charge is 2.23. The quantitative estimate of drug-likeness (QED) is 0.783. The van der Waals surface area contributed by atoms with Crippen LogP contribution in [0.5, 0.6) is 0 Å². The molecule has 1 amide bonds. The van der Waals surface area contributed by atoms with Gasteiger partial charge >= 0.3 is 0 Å². The van der Waals surface area contributed by atoms with E-state index in [1.54, 1.807) is 0 Å². The molecule has 0 aliphatic carbocycles. The summed E-state index contributed by atoms with van der Waals surface area (Å²) >= 11 is 0. The number of fused-ring (bicyclic) bond motifs is 1. The van der Waals surface area contributed by atoms with Crippen molar-refractivity contribution in [1.82, 2.24) is 4.90 Å². The second-order valence-corrected chi connectivity index (χ2v) is 4.55. The summed E-state index contributed by atoms with van der Waals surface area (Å²) in [5.41, 5.74) is 13.7. The van der Waals surface area contributed by atoms with Crippen LogP contribution in [0.1, 0.15) is 17.5 Å². The van der Waals surface area contributed by atoms with Crippen LogP contribution in [0.3, 0.4) is 0 Å². The number of hydrogen-bond acceptors (Lipinski definition) is 3. The van der Waals surface area contributed by atoms with Gasteiger partial charge < -0.3 is 11.5 Å². The van der Waals surface area contributed by atoms with Crippen molar-refractivity contribution >= 4 is 5.91 Å². The molecule has 0 saturated heterocycles. The molecule has 92 valence electrons. The Morgan fingerprint density at radius 3 is 2.71 bits per heavy atom. The number of primary amides is 1. The average molecular weight is 233 g/mol. The van der Waals surface area contributed by atoms with Gasteiger partial charge in [-0.15, -0.1) is 0 Å². The smallest absolute Gasteiger partial charge is 0.219 e. The van der Waals surface area contributed by atoms with Gasteiger partial charge in [-0.25, -0.2) is 0 Å². The second kappa shape index (κ2) is 5.29. The van der Waals surface area contributed by atoms with E-state index in [4.69, 9.17) is 11.5 Å². The van der Waals surface area contributed by atoms with E-state index in [0.717, 1.165) is 19.5 Å². The van der Waals surface area contributed by atoms with Gasteiger partial charge in [0.25, 0.3) is 0 Å². The Kier molecular flexibility index (Phi) is 3.76. The van der Waals surface area contributed by atoms with E-state index in [1.165, 1.54) is 11.1 Å². The first kappa shape index (κ1) is 12.1. The van der Waals surface area contributed by atoms with Crippen LogP contribution in [0.2, 0.25) is 0 Å². The number of benzene rings is 1. The van der Waals surface area contributed by atoms with Crippen LogP contribution >= 0.6 is 0 Å². The van der Waals surface area contributed by atoms with E-state index < -0.39 is 0 Å². The van der Waals surface area contributed by atoms with Gasteiger partial charge in [0.2, 0.25) is 5.91 Å². The molecule has 1 unspecified atom stereocenters. The first-order valence-electron chi connectivity index (χ1n) is 6.00. The molecule has 0 fully saturated rings. The van der Waals surface area contributed by atoms with Gasteiger partial charge in [-0.1, -0.05) is 24.3 Å². The van der Waals surface area contributed by atoms with Crippen LogP contribution in [0.25, 0.3) is 0 Å². The molecule has 1 aliphatic rings. The van der Waals surface area contributed by atoms with E-state index in [-0.39, 0.29) is 11.9 Å². The molecule has 1 aliphatic heterocycles. The lowest BCUT2D eigenvalue weighted by Gasteiger charge is -2.34. The molecular weight excluding hydrogens is 214 g/mol. The number of carbonyl (C=O) groups excluding carboxylic acids is 1. The van der Waals surface area contributed by atoms with Crippen LogP contribution < -0.4 is 11.5 Å². The predicted octanol–water partition coefficient (Wildman–Crippen LogP) is 0.247. The highest BCUT2D eigenvalue weighted by Crippen LogP contribution is 2.20. The number of hydrogen-bond donors (Lipinski definition) is 2. The minimum absolute atomic E-state index is 0.0702. The molecule has 0 spiro atoms. The van der Waals surface area contributed by atoms with Crippen LogP contribution in [-0.4, -0.2) is 29.9 Å². The Labute approximate surface area is 102 Å². The van der Waals surface area contributed by atoms with Crippen LogP contribution in [-0.2, 0) is 17.8 Å². The van der Waals surface area contributed by atoms with Crippen molar-refractivity contribution < 1.29 is 4.79 Å². The maximum absolute atomic E-state index is 11.0. The van der Waals surface area contributed by atoms with Crippen LogP contribution in [0, 0.1) is 0 Å². The van der Waals surface area contributed by atoms with Gasteiger partial charge in [-0.3, -0.25) is 9.69 Å². The van der Waals surface area contributed by atoms with Crippen molar-refractivity contribution in [2.75, 3.05) is 13.1 Å². The van der Waals surface area contributed by atoms with Crippen molar-refractivity contribution in [1.29, 1.82) is 0 Å². The lowest BCUT2D eigenvalue weighted by Crippen LogP contribution is -2.45. The lowest BCUT2D eigenvalue weighted by molar-refractivity contribution is -0.119. The zero-order valence-corrected chi connectivity index (χ0v) is 9.93. The fourth-order valence-corrected chi connectivity index (χ4v) is 2.42. The molecule has 1 aromatic rings. The van der Waals surface area contributed by atoms with Crippen molar-refractivity contribution in [2.24, 2.45) is 11.5 Å². The normalized spacial score (nSPS) is 17.5. The molecule has 1 heterocycles. The summed E-state index contributed by atoms with van der Waals surface area (Å²) in [6.45, 7) is 2.29. The Morgan fingerprint density at radius 2 is 2.06 bits per heavy atom. The highest BCUT2D eigenvalue weighted by atomic mass is 16.1. The predicted molar refractivity (Wildman–Crippen MR) is 67.2 cm³/mol. The summed E-state index contributed by atoms with van der Waals surface area (Å²) in [7, 11) is 0. The molecule has 17 heavy (non-hydrogen) atoms. The molecule has 1 atom stereocenters. The summed E-state index contributed by atoms with van der Waals surface area (Å²) in [5, 5.41) is 0. The Hall–Kier alpha value is -1.39. The summed E-state index contributed by atoms with van der Waals surface area (Å²) < 4.78 is 0. The van der Waals surface area contributed by atoms with Crippen molar-refractivity contribution in [3.05, 3.63) is 35.4 Å². The van der Waals surface area contributed by atoms with Crippen molar-refractivity contribution in [3.63, 3.8) is 0 Å². The average Bonchev–Trinajstić information content (AvgIpc) is 2.35. The number of nitrogens with zero attached hydrogens (tertiary/aromatic N) is 1. The lowest BCUT2D eigenvalue weighted by atomic mass is 9.98. The fourth-order valence-electron chi connectivity index (χ4n) is 2.42. The molecular formula is C13H19N3O. The summed E-state index contributed by atoms with van der Waals surface area (Å²) in [4.78, 5) is 13.3. The van der Waals surface area contributed by atoms with Crippen molar-refractivity contribution in [2.45, 2.75) is 25.4 Å². The van der Waals surface area contributed by atoms with E-state index >= 15 is 0 Å². The Balaban J connectivity index is 2.08. The Morgan fingerprint density at radius 1 is 1.35 bits per heavy atom. The van der Waals surface area contributed by atoms with Gasteiger partial charge in [-0.05, 0) is 17.5 Å². The SMILES string of the molecule is NCC(CC(N)=O)N1CCc2ccccc2C1. The molecule has 0 bridgehead atoms. The first-order chi connectivity index (χ1) is 8.20. The van der Waals surface area contributed by atoms with Gasteiger partial charge in [0, 0.05) is 32.1 Å². The molecule has 4 heteroatoms. The van der Waals surface area contributed by atoms with Gasteiger partial charge in [-0.2, -0.15) is 0 Å². The van der Waals surface area contributed by atoms with Gasteiger partial charge in [0.15, 0.2) is 0 Å². The van der Waals surface area contributed by atoms with E-state index in [0.29, 0.717) is 13.0 Å². The number of amides is 1. The summed E-state index contributed by atoms with van der Waals surface area (Å²) in [5.74, 6) is -0.278. The molecule has 0 radical (unpaired) electrons. The van der Waals surface area contributed by atoms with Gasteiger partial charge in [0.05, 0.1) is 0 Å². The second-order valence-electron chi connectivity index (χ2n) is 4.55. The minimum Gasteiger partial charge on any atom is -0.370 e. The van der Waals surface area contributed by atoms with Crippen LogP contribution in [0.4, 0.5) is 0 Å². The summed E-state index contributed by atoms with van der Waals surface area (Å²) in [6, 6.07) is 8.49. The minimum atomic E-state index is -0.278. The number of nitrogens with two attached hydrogens (primary N) is 2. The van der Waals surface area contributed by atoms with Crippen molar-refractivity contribution in [3.8, 4) is 0 Å². The summed E-state index contributed by atoms with van der Waals surface area (Å²) in [6.07, 6.45) is 1.37. The number of carbonyl (C=O) groups is 1. The maximum Gasteiger partial charge on any atom is 0.219 e. The third kappa shape index (κ3) is 2.84. The third-order valence-electron chi connectivity index (χ3n) is 3.39. The third-order valence-corrected chi connectivity index (χ3v) is 3.39. The van der Waals surface area contributed by atoms with E-state index in [9.17, 15) is 4.79 Å². The highest BCUT2D eigenvalue weighted by molar-refractivity contribution is 5.74. The topological polar surface area (TPSA) is 72.3 Å². The molecule has 0 aromatic heterocycles. The first-order valence-corrected chi connectivity index (χ1v) is 6.00. The molecule has 2 rings (SSSR count). The molecule has 4 N–H and O–H groups in total.